The summed E-state index contributed by atoms with van der Waals surface area (Å²) < 4.78 is 42.1. The molecule has 1 atom stereocenters. The third kappa shape index (κ3) is 3.71. The van der Waals surface area contributed by atoms with Crippen molar-refractivity contribution in [2.24, 2.45) is 5.92 Å². The number of amides is 1. The third-order valence-corrected chi connectivity index (χ3v) is 5.41. The fraction of sp³-hybridized carbons (Fsp3) is 0.316. The lowest BCUT2D eigenvalue weighted by Gasteiger charge is -2.21. The molecule has 1 N–H and O–H groups in total. The molecule has 1 fully saturated rings. The fourth-order valence-electron chi connectivity index (χ4n) is 3.18. The monoisotopic (exact) mass is 500 g/mol. The van der Waals surface area contributed by atoms with E-state index in [-0.39, 0.29) is 5.69 Å². The molecule has 1 aliphatic rings. The molecule has 4 rings (SSSR count). The minimum Gasteiger partial charge on any atom is -0.339 e. The standard InChI is InChI=1S/C19H16F3IN4O/c1-10-7-14(12-3-2-4-13(23)8-12)26-27-15(9-24-17(10)27)18(28)25-16(11-5-6-11)19(20,21)22/h2-4,7-9,11,16H,5-6H2,1H3,(H,25,28). The van der Waals surface area contributed by atoms with Crippen LogP contribution < -0.4 is 5.32 Å². The second-order valence-electron chi connectivity index (χ2n) is 6.93. The molecule has 3 aromatic rings. The van der Waals surface area contributed by atoms with Crippen molar-refractivity contribution in [2.75, 3.05) is 0 Å². The van der Waals surface area contributed by atoms with Crippen LogP contribution in [-0.2, 0) is 0 Å². The molecule has 146 valence electrons. The van der Waals surface area contributed by atoms with Crippen molar-refractivity contribution >= 4 is 34.1 Å². The van der Waals surface area contributed by atoms with Gasteiger partial charge in [-0.3, -0.25) is 4.79 Å². The van der Waals surface area contributed by atoms with Crippen molar-refractivity contribution in [2.45, 2.75) is 32.0 Å². The van der Waals surface area contributed by atoms with Crippen LogP contribution in [0.1, 0.15) is 28.9 Å². The number of carbonyl (C=O) groups is 1. The Morgan fingerprint density at radius 1 is 1.32 bits per heavy atom. The van der Waals surface area contributed by atoms with Crippen molar-refractivity contribution in [1.82, 2.24) is 19.9 Å². The Hall–Kier alpha value is -2.17. The van der Waals surface area contributed by atoms with Crippen LogP contribution in [0.3, 0.4) is 0 Å². The molecule has 0 aliphatic heterocycles. The lowest BCUT2D eigenvalue weighted by atomic mass is 10.1. The second-order valence-corrected chi connectivity index (χ2v) is 8.18. The minimum absolute atomic E-state index is 0.0134. The van der Waals surface area contributed by atoms with Crippen LogP contribution in [0, 0.1) is 16.4 Å². The SMILES string of the molecule is Cc1cc(-c2cccc(I)c2)nn2c(C(=O)NC(C3CC3)C(F)(F)F)cnc12. The van der Waals surface area contributed by atoms with Crippen molar-refractivity contribution in [3.8, 4) is 11.3 Å². The summed E-state index contributed by atoms with van der Waals surface area (Å²) in [5, 5.41) is 6.60. The smallest absolute Gasteiger partial charge is 0.339 e. The zero-order chi connectivity index (χ0) is 20.1. The number of nitrogens with one attached hydrogen (secondary N) is 1. The van der Waals surface area contributed by atoms with Crippen LogP contribution in [0.5, 0.6) is 0 Å². The first kappa shape index (κ1) is 19.2. The predicted molar refractivity (Wildman–Crippen MR) is 106 cm³/mol. The summed E-state index contributed by atoms with van der Waals surface area (Å²) in [6.45, 7) is 1.83. The Morgan fingerprint density at radius 2 is 2.07 bits per heavy atom. The van der Waals surface area contributed by atoms with Gasteiger partial charge in [0.1, 0.15) is 6.04 Å². The Morgan fingerprint density at radius 3 is 2.71 bits per heavy atom. The van der Waals surface area contributed by atoms with Crippen LogP contribution in [0.4, 0.5) is 13.2 Å². The molecule has 1 aromatic carbocycles. The van der Waals surface area contributed by atoms with E-state index in [4.69, 9.17) is 0 Å². The number of alkyl halides is 3. The van der Waals surface area contributed by atoms with Gasteiger partial charge >= 0.3 is 6.18 Å². The van der Waals surface area contributed by atoms with E-state index in [1.807, 2.05) is 37.3 Å². The zero-order valence-corrected chi connectivity index (χ0v) is 17.0. The Bertz CT molecular complexity index is 1060. The van der Waals surface area contributed by atoms with Gasteiger partial charge in [-0.1, -0.05) is 12.1 Å². The molecule has 2 aromatic heterocycles. The summed E-state index contributed by atoms with van der Waals surface area (Å²) in [5.41, 5.74) is 2.67. The largest absolute Gasteiger partial charge is 0.408 e. The normalized spacial score (nSPS) is 15.6. The van der Waals surface area contributed by atoms with Crippen LogP contribution in [0.25, 0.3) is 16.9 Å². The lowest BCUT2D eigenvalue weighted by Crippen LogP contribution is -2.47. The van der Waals surface area contributed by atoms with Crippen LogP contribution >= 0.6 is 22.6 Å². The number of carbonyl (C=O) groups excluding carboxylic acids is 1. The average Bonchev–Trinajstić information content (AvgIpc) is 3.36. The van der Waals surface area contributed by atoms with Gasteiger partial charge in [0, 0.05) is 9.13 Å². The van der Waals surface area contributed by atoms with E-state index in [0.29, 0.717) is 24.2 Å². The van der Waals surface area contributed by atoms with Gasteiger partial charge in [0.2, 0.25) is 0 Å². The molecular formula is C19H16F3IN4O. The quantitative estimate of drug-likeness (QED) is 0.542. The number of aryl methyl sites for hydroxylation is 1. The summed E-state index contributed by atoms with van der Waals surface area (Å²) in [6, 6.07) is 7.67. The molecule has 1 saturated carbocycles. The number of nitrogens with zero attached hydrogens (tertiary/aromatic N) is 3. The fourth-order valence-corrected chi connectivity index (χ4v) is 3.72. The topological polar surface area (TPSA) is 59.3 Å². The van der Waals surface area contributed by atoms with E-state index in [1.54, 1.807) is 0 Å². The number of benzene rings is 1. The molecule has 0 saturated heterocycles. The van der Waals surface area contributed by atoms with E-state index in [9.17, 15) is 18.0 Å². The van der Waals surface area contributed by atoms with E-state index in [2.05, 4.69) is 38.0 Å². The van der Waals surface area contributed by atoms with Gasteiger partial charge in [0.05, 0.1) is 11.9 Å². The van der Waals surface area contributed by atoms with E-state index in [0.717, 1.165) is 14.7 Å². The summed E-state index contributed by atoms with van der Waals surface area (Å²) in [4.78, 5) is 16.8. The number of hydrogen-bond donors (Lipinski definition) is 1. The molecule has 1 unspecified atom stereocenters. The second kappa shape index (κ2) is 7.02. The van der Waals surface area contributed by atoms with Crippen molar-refractivity contribution in [3.63, 3.8) is 0 Å². The van der Waals surface area contributed by atoms with Gasteiger partial charge in [-0.05, 0) is 72.0 Å². The highest BCUT2D eigenvalue weighted by atomic mass is 127. The molecule has 9 heteroatoms. The van der Waals surface area contributed by atoms with Crippen molar-refractivity contribution < 1.29 is 18.0 Å². The number of fused-ring (bicyclic) bond motifs is 1. The highest BCUT2D eigenvalue weighted by molar-refractivity contribution is 14.1. The van der Waals surface area contributed by atoms with Gasteiger partial charge in [-0.15, -0.1) is 0 Å². The molecule has 1 amide bonds. The average molecular weight is 500 g/mol. The first-order valence-corrected chi connectivity index (χ1v) is 9.81. The summed E-state index contributed by atoms with van der Waals surface area (Å²) in [6.07, 6.45) is -2.28. The van der Waals surface area contributed by atoms with Gasteiger partial charge in [0.15, 0.2) is 11.3 Å². The third-order valence-electron chi connectivity index (χ3n) is 4.74. The number of aromatic nitrogens is 3. The number of halogens is 4. The highest BCUT2D eigenvalue weighted by Crippen LogP contribution is 2.40. The maximum absolute atomic E-state index is 13.3. The summed E-state index contributed by atoms with van der Waals surface area (Å²) in [5.74, 6) is -1.38. The Labute approximate surface area is 172 Å². The molecule has 0 bridgehead atoms. The summed E-state index contributed by atoms with van der Waals surface area (Å²) in [7, 11) is 0. The zero-order valence-electron chi connectivity index (χ0n) is 14.8. The van der Waals surface area contributed by atoms with Gasteiger partial charge < -0.3 is 5.32 Å². The van der Waals surface area contributed by atoms with E-state index in [1.165, 1.54) is 10.7 Å². The number of imidazole rings is 1. The number of rotatable bonds is 4. The molecule has 28 heavy (non-hydrogen) atoms. The maximum atomic E-state index is 13.3. The maximum Gasteiger partial charge on any atom is 0.408 e. The lowest BCUT2D eigenvalue weighted by molar-refractivity contribution is -0.158. The first-order chi connectivity index (χ1) is 13.2. The molecule has 2 heterocycles. The van der Waals surface area contributed by atoms with Gasteiger partial charge in [-0.2, -0.15) is 18.3 Å². The van der Waals surface area contributed by atoms with Gasteiger partial charge in [0.25, 0.3) is 5.91 Å². The highest BCUT2D eigenvalue weighted by Gasteiger charge is 2.49. The first-order valence-electron chi connectivity index (χ1n) is 8.73. The molecule has 5 nitrogen and oxygen atoms in total. The van der Waals surface area contributed by atoms with Crippen LogP contribution in [0.15, 0.2) is 36.5 Å². The van der Waals surface area contributed by atoms with E-state index < -0.39 is 24.0 Å². The van der Waals surface area contributed by atoms with Crippen molar-refractivity contribution in [1.29, 1.82) is 0 Å². The molecule has 0 radical (unpaired) electrons. The summed E-state index contributed by atoms with van der Waals surface area (Å²) >= 11 is 2.19. The molecule has 0 spiro atoms. The number of hydrogen-bond acceptors (Lipinski definition) is 3. The minimum atomic E-state index is -4.48. The van der Waals surface area contributed by atoms with E-state index >= 15 is 0 Å². The van der Waals surface area contributed by atoms with Crippen LogP contribution in [0.2, 0.25) is 0 Å². The molecule has 1 aliphatic carbocycles. The Kier molecular flexibility index (Phi) is 4.80. The predicted octanol–water partition coefficient (Wildman–Crippen LogP) is 4.38. The Balaban J connectivity index is 1.72. The van der Waals surface area contributed by atoms with Crippen molar-refractivity contribution in [3.05, 3.63) is 51.4 Å². The van der Waals surface area contributed by atoms with Gasteiger partial charge in [-0.25, -0.2) is 9.50 Å². The molecular weight excluding hydrogens is 484 g/mol. The van der Waals surface area contributed by atoms with Crippen LogP contribution in [-0.4, -0.2) is 32.7 Å².